The Balaban J connectivity index is 1.42. The van der Waals surface area contributed by atoms with Crippen molar-refractivity contribution < 1.29 is 13.6 Å². The van der Waals surface area contributed by atoms with Gasteiger partial charge < -0.3 is 9.32 Å². The summed E-state index contributed by atoms with van der Waals surface area (Å²) in [6.45, 7) is 0.474. The van der Waals surface area contributed by atoms with Gasteiger partial charge in [0.1, 0.15) is 5.82 Å². The number of nitrogens with zero attached hydrogens (tertiary/aromatic N) is 3. The van der Waals surface area contributed by atoms with Crippen LogP contribution in [0.3, 0.4) is 0 Å². The van der Waals surface area contributed by atoms with Crippen LogP contribution in [0.15, 0.2) is 58.2 Å². The predicted molar refractivity (Wildman–Crippen MR) is 119 cm³/mol. The molecule has 0 aliphatic heterocycles. The highest BCUT2D eigenvalue weighted by atomic mass is 35.5. The van der Waals surface area contributed by atoms with Crippen molar-refractivity contribution in [3.8, 4) is 11.5 Å². The van der Waals surface area contributed by atoms with Crippen molar-refractivity contribution in [2.75, 3.05) is 5.75 Å². The lowest BCUT2D eigenvalue weighted by Crippen LogP contribution is -2.41. The van der Waals surface area contributed by atoms with Crippen molar-refractivity contribution in [1.29, 1.82) is 0 Å². The van der Waals surface area contributed by atoms with E-state index >= 15 is 0 Å². The number of carbonyl (C=O) groups excluding carboxylic acids is 1. The third-order valence-electron chi connectivity index (χ3n) is 5.40. The molecular formula is C23H23ClFN3O2S. The molecule has 31 heavy (non-hydrogen) atoms. The molecule has 1 aromatic heterocycles. The van der Waals surface area contributed by atoms with Crippen molar-refractivity contribution in [2.24, 2.45) is 0 Å². The molecule has 4 rings (SSSR count). The summed E-state index contributed by atoms with van der Waals surface area (Å²) < 4.78 is 19.0. The summed E-state index contributed by atoms with van der Waals surface area (Å²) in [5.41, 5.74) is 1.66. The highest BCUT2D eigenvalue weighted by Crippen LogP contribution is 2.28. The van der Waals surface area contributed by atoms with Crippen LogP contribution < -0.4 is 0 Å². The molecule has 1 heterocycles. The number of carbonyl (C=O) groups is 1. The van der Waals surface area contributed by atoms with Crippen LogP contribution in [0.1, 0.15) is 37.7 Å². The molecule has 0 spiro atoms. The van der Waals surface area contributed by atoms with E-state index in [0.29, 0.717) is 22.7 Å². The molecule has 0 radical (unpaired) electrons. The number of halogens is 2. The number of thioether (sulfide) groups is 1. The minimum atomic E-state index is -0.276. The molecule has 0 bridgehead atoms. The number of hydrogen-bond donors (Lipinski definition) is 0. The first-order valence-corrected chi connectivity index (χ1v) is 11.7. The maximum atomic E-state index is 13.3. The number of aromatic nitrogens is 2. The fourth-order valence-corrected chi connectivity index (χ4v) is 4.65. The third-order valence-corrected chi connectivity index (χ3v) is 6.44. The minimum absolute atomic E-state index is 0.0173. The van der Waals surface area contributed by atoms with Crippen molar-refractivity contribution in [3.63, 3.8) is 0 Å². The molecule has 5 nitrogen and oxygen atoms in total. The Bertz CT molecular complexity index is 1020. The van der Waals surface area contributed by atoms with Gasteiger partial charge in [0.25, 0.3) is 5.22 Å². The average molecular weight is 460 g/mol. The Kier molecular flexibility index (Phi) is 7.25. The monoisotopic (exact) mass is 459 g/mol. The molecule has 0 saturated heterocycles. The summed E-state index contributed by atoms with van der Waals surface area (Å²) in [5, 5.41) is 9.04. The molecule has 1 aliphatic rings. The van der Waals surface area contributed by atoms with Gasteiger partial charge >= 0.3 is 0 Å². The summed E-state index contributed by atoms with van der Waals surface area (Å²) in [4.78, 5) is 15.1. The number of rotatable bonds is 7. The lowest BCUT2D eigenvalue weighted by molar-refractivity contribution is -0.132. The number of amides is 1. The molecule has 1 saturated carbocycles. The summed E-state index contributed by atoms with van der Waals surface area (Å²) in [7, 11) is 0. The van der Waals surface area contributed by atoms with Crippen LogP contribution in [0.4, 0.5) is 4.39 Å². The van der Waals surface area contributed by atoms with E-state index in [0.717, 1.165) is 36.8 Å². The molecule has 3 aromatic rings. The van der Waals surface area contributed by atoms with Crippen LogP contribution in [-0.4, -0.2) is 32.8 Å². The largest absolute Gasteiger partial charge is 0.411 e. The van der Waals surface area contributed by atoms with Crippen molar-refractivity contribution in [2.45, 2.75) is 49.9 Å². The SMILES string of the molecule is O=C(CSc1nnc(-c2cccc(Cl)c2)o1)N(Cc1ccc(F)cc1)C1CCCCC1. The van der Waals surface area contributed by atoms with E-state index in [1.807, 2.05) is 17.0 Å². The Morgan fingerprint density at radius 3 is 2.65 bits per heavy atom. The van der Waals surface area contributed by atoms with Crippen LogP contribution in [0, 0.1) is 5.82 Å². The first kappa shape index (κ1) is 21.8. The molecule has 8 heteroatoms. The normalized spacial score (nSPS) is 14.5. The van der Waals surface area contributed by atoms with Gasteiger partial charge in [0.2, 0.25) is 11.8 Å². The van der Waals surface area contributed by atoms with Gasteiger partial charge in [0.05, 0.1) is 5.75 Å². The molecule has 1 amide bonds. The molecule has 1 aliphatic carbocycles. The molecule has 0 N–H and O–H groups in total. The van der Waals surface area contributed by atoms with Crippen LogP contribution in [0.25, 0.3) is 11.5 Å². The molecule has 0 unspecified atom stereocenters. The standard InChI is InChI=1S/C23H23ClFN3O2S/c24-18-6-4-5-17(13-18)22-26-27-23(30-22)31-15-21(29)28(20-7-2-1-3-8-20)14-16-9-11-19(25)12-10-16/h4-6,9-13,20H,1-3,7-8,14-15H2. The fourth-order valence-electron chi connectivity index (χ4n) is 3.81. The highest BCUT2D eigenvalue weighted by molar-refractivity contribution is 7.99. The summed E-state index contributed by atoms with van der Waals surface area (Å²) in [6.07, 6.45) is 5.45. The second kappa shape index (κ2) is 10.3. The van der Waals surface area contributed by atoms with E-state index < -0.39 is 0 Å². The lowest BCUT2D eigenvalue weighted by Gasteiger charge is -2.34. The Morgan fingerprint density at radius 2 is 1.90 bits per heavy atom. The summed E-state index contributed by atoms with van der Waals surface area (Å²) in [5.74, 6) is 0.313. The lowest BCUT2D eigenvalue weighted by atomic mass is 9.94. The minimum Gasteiger partial charge on any atom is -0.411 e. The van der Waals surface area contributed by atoms with Gasteiger partial charge in [0.15, 0.2) is 0 Å². The van der Waals surface area contributed by atoms with Gasteiger partial charge in [-0.15, -0.1) is 10.2 Å². The first-order valence-electron chi connectivity index (χ1n) is 10.3. The van der Waals surface area contributed by atoms with E-state index in [-0.39, 0.29) is 23.5 Å². The zero-order valence-corrected chi connectivity index (χ0v) is 18.5. The van der Waals surface area contributed by atoms with Crippen LogP contribution in [0.2, 0.25) is 5.02 Å². The van der Waals surface area contributed by atoms with Crippen LogP contribution in [0.5, 0.6) is 0 Å². The van der Waals surface area contributed by atoms with E-state index in [1.165, 1.54) is 30.3 Å². The smallest absolute Gasteiger partial charge is 0.277 e. The third kappa shape index (κ3) is 5.86. The van der Waals surface area contributed by atoms with Gasteiger partial charge in [-0.3, -0.25) is 4.79 Å². The number of hydrogen-bond acceptors (Lipinski definition) is 5. The molecule has 162 valence electrons. The van der Waals surface area contributed by atoms with Crippen LogP contribution in [-0.2, 0) is 11.3 Å². The predicted octanol–water partition coefficient (Wildman–Crippen LogP) is 5.98. The molecule has 2 aromatic carbocycles. The molecular weight excluding hydrogens is 437 g/mol. The summed E-state index contributed by atoms with van der Waals surface area (Å²) >= 11 is 7.25. The summed E-state index contributed by atoms with van der Waals surface area (Å²) in [6, 6.07) is 13.7. The van der Waals surface area contributed by atoms with Gasteiger partial charge in [-0.1, -0.05) is 60.8 Å². The Morgan fingerprint density at radius 1 is 1.13 bits per heavy atom. The zero-order valence-electron chi connectivity index (χ0n) is 17.0. The maximum Gasteiger partial charge on any atom is 0.277 e. The van der Waals surface area contributed by atoms with Crippen LogP contribution >= 0.6 is 23.4 Å². The van der Waals surface area contributed by atoms with Gasteiger partial charge in [-0.05, 0) is 48.7 Å². The van der Waals surface area contributed by atoms with Crippen molar-refractivity contribution in [3.05, 3.63) is 64.9 Å². The van der Waals surface area contributed by atoms with Gasteiger partial charge in [-0.25, -0.2) is 4.39 Å². The number of benzene rings is 2. The first-order chi connectivity index (χ1) is 15.1. The zero-order chi connectivity index (χ0) is 21.6. The topological polar surface area (TPSA) is 59.2 Å². The highest BCUT2D eigenvalue weighted by Gasteiger charge is 2.26. The quantitative estimate of drug-likeness (QED) is 0.406. The average Bonchev–Trinajstić information content (AvgIpc) is 3.27. The van der Waals surface area contributed by atoms with E-state index in [4.69, 9.17) is 16.0 Å². The van der Waals surface area contributed by atoms with E-state index in [2.05, 4.69) is 10.2 Å². The second-order valence-corrected chi connectivity index (χ2v) is 8.98. The Labute approximate surface area is 190 Å². The van der Waals surface area contributed by atoms with Gasteiger partial charge in [0, 0.05) is 23.2 Å². The van der Waals surface area contributed by atoms with E-state index in [9.17, 15) is 9.18 Å². The second-order valence-electron chi connectivity index (χ2n) is 7.61. The van der Waals surface area contributed by atoms with Gasteiger partial charge in [-0.2, -0.15) is 0 Å². The maximum absolute atomic E-state index is 13.3. The van der Waals surface area contributed by atoms with Crippen molar-refractivity contribution >= 4 is 29.3 Å². The molecule has 0 atom stereocenters. The molecule has 1 fully saturated rings. The van der Waals surface area contributed by atoms with Crippen molar-refractivity contribution in [1.82, 2.24) is 15.1 Å². The Hall–Kier alpha value is -2.38. The van der Waals surface area contributed by atoms with E-state index in [1.54, 1.807) is 24.3 Å². The fraction of sp³-hybridized carbons (Fsp3) is 0.348.